The summed E-state index contributed by atoms with van der Waals surface area (Å²) in [5.41, 5.74) is 5.57. The van der Waals surface area contributed by atoms with E-state index in [1.54, 1.807) is 9.13 Å². The van der Waals surface area contributed by atoms with E-state index in [1.807, 2.05) is 20.0 Å². The number of nitrogens with zero attached hydrogens (tertiary/aromatic N) is 4. The molecule has 1 aromatic carbocycles. The molecule has 0 spiro atoms. The highest BCUT2D eigenvalue weighted by molar-refractivity contribution is 9.10. The number of hydrogen-bond acceptors (Lipinski definition) is 3. The lowest BCUT2D eigenvalue weighted by Gasteiger charge is -2.24. The molecule has 6 heteroatoms. The Hall–Kier alpha value is -2.08. The topological polar surface area (TPSA) is 43.1 Å². The van der Waals surface area contributed by atoms with Crippen LogP contribution in [-0.2, 0) is 7.05 Å². The van der Waals surface area contributed by atoms with Crippen molar-refractivity contribution in [3.05, 3.63) is 50.5 Å². The number of fused-ring (bicyclic) bond motifs is 1. The van der Waals surface area contributed by atoms with Crippen LogP contribution in [0.5, 0.6) is 0 Å². The fourth-order valence-electron chi connectivity index (χ4n) is 3.77. The van der Waals surface area contributed by atoms with Gasteiger partial charge in [-0.05, 0) is 65.9 Å². The zero-order valence-electron chi connectivity index (χ0n) is 18.3. The highest BCUT2D eigenvalue weighted by atomic mass is 79.9. The molecule has 0 bridgehead atoms. The second-order valence-corrected chi connectivity index (χ2v) is 8.79. The molecule has 3 rings (SSSR count). The van der Waals surface area contributed by atoms with Gasteiger partial charge in [-0.1, -0.05) is 33.3 Å². The van der Waals surface area contributed by atoms with Crippen LogP contribution in [-0.4, -0.2) is 27.2 Å². The minimum atomic E-state index is -0.0797. The summed E-state index contributed by atoms with van der Waals surface area (Å²) >= 11 is 3.69. The minimum absolute atomic E-state index is 0.0797. The SMILES string of the molecule is CCCCN(CC)c1cc(C)nc2c1n(C)c(=O)n2-c1ccc(C(C)C)cc1Br. The lowest BCUT2D eigenvalue weighted by Crippen LogP contribution is -2.25. The third-order valence-corrected chi connectivity index (χ3v) is 6.13. The van der Waals surface area contributed by atoms with E-state index in [0.717, 1.165) is 53.0 Å². The second-order valence-electron chi connectivity index (χ2n) is 7.93. The van der Waals surface area contributed by atoms with Gasteiger partial charge in [0.15, 0.2) is 5.65 Å². The van der Waals surface area contributed by atoms with Crippen LogP contribution in [0.1, 0.15) is 57.7 Å². The average Bonchev–Trinajstić information content (AvgIpc) is 2.92. The van der Waals surface area contributed by atoms with Crippen molar-refractivity contribution in [1.29, 1.82) is 0 Å². The predicted molar refractivity (Wildman–Crippen MR) is 126 cm³/mol. The summed E-state index contributed by atoms with van der Waals surface area (Å²) in [7, 11) is 1.84. The number of imidazole rings is 1. The molecular weight excluding hydrogens is 428 g/mol. The normalized spacial score (nSPS) is 11.6. The van der Waals surface area contributed by atoms with E-state index in [9.17, 15) is 4.79 Å². The number of rotatable bonds is 7. The summed E-state index contributed by atoms with van der Waals surface area (Å²) in [6.45, 7) is 12.5. The Balaban J connectivity index is 2.29. The second kappa shape index (κ2) is 8.74. The summed E-state index contributed by atoms with van der Waals surface area (Å²) in [4.78, 5) is 20.4. The molecule has 0 saturated heterocycles. The quantitative estimate of drug-likeness (QED) is 0.466. The average molecular weight is 459 g/mol. The maximum atomic E-state index is 13.3. The Labute approximate surface area is 181 Å². The molecular formula is C23H31BrN4O. The molecule has 29 heavy (non-hydrogen) atoms. The molecule has 0 unspecified atom stereocenters. The summed E-state index contributed by atoms with van der Waals surface area (Å²) in [5, 5.41) is 0. The van der Waals surface area contributed by atoms with Gasteiger partial charge < -0.3 is 4.90 Å². The van der Waals surface area contributed by atoms with Gasteiger partial charge >= 0.3 is 5.69 Å². The maximum absolute atomic E-state index is 13.3. The Kier molecular flexibility index (Phi) is 6.52. The van der Waals surface area contributed by atoms with Crippen molar-refractivity contribution in [2.75, 3.05) is 18.0 Å². The molecule has 0 N–H and O–H groups in total. The summed E-state index contributed by atoms with van der Waals surface area (Å²) in [6.07, 6.45) is 2.26. The Morgan fingerprint density at radius 3 is 2.52 bits per heavy atom. The fourth-order valence-corrected chi connectivity index (χ4v) is 4.34. The monoisotopic (exact) mass is 458 g/mol. The van der Waals surface area contributed by atoms with Gasteiger partial charge in [-0.3, -0.25) is 4.57 Å². The third kappa shape index (κ3) is 4.00. The first-order chi connectivity index (χ1) is 13.8. The first kappa shape index (κ1) is 21.6. The molecule has 0 fully saturated rings. The summed E-state index contributed by atoms with van der Waals surface area (Å²) in [5.74, 6) is 0.424. The maximum Gasteiger partial charge on any atom is 0.334 e. The number of anilines is 1. The van der Waals surface area contributed by atoms with Gasteiger partial charge in [-0.15, -0.1) is 0 Å². The zero-order valence-corrected chi connectivity index (χ0v) is 19.9. The third-order valence-electron chi connectivity index (χ3n) is 5.49. The van der Waals surface area contributed by atoms with Gasteiger partial charge in [0.25, 0.3) is 0 Å². The predicted octanol–water partition coefficient (Wildman–Crippen LogP) is 5.54. The largest absolute Gasteiger partial charge is 0.370 e. The van der Waals surface area contributed by atoms with Crippen molar-refractivity contribution in [3.8, 4) is 5.69 Å². The van der Waals surface area contributed by atoms with Crippen LogP contribution in [0.2, 0.25) is 0 Å². The molecule has 0 aliphatic heterocycles. The summed E-state index contributed by atoms with van der Waals surface area (Å²) in [6, 6.07) is 8.30. The molecule has 0 amide bonds. The zero-order chi connectivity index (χ0) is 21.3. The van der Waals surface area contributed by atoms with E-state index in [1.165, 1.54) is 5.56 Å². The van der Waals surface area contributed by atoms with E-state index in [4.69, 9.17) is 4.98 Å². The number of hydrogen-bond donors (Lipinski definition) is 0. The molecule has 3 aromatic rings. The van der Waals surface area contributed by atoms with Gasteiger partial charge in [0.1, 0.15) is 5.52 Å². The molecule has 0 atom stereocenters. The lowest BCUT2D eigenvalue weighted by atomic mass is 10.0. The van der Waals surface area contributed by atoms with Crippen molar-refractivity contribution in [3.63, 3.8) is 0 Å². The van der Waals surface area contributed by atoms with Gasteiger partial charge in [-0.25, -0.2) is 14.3 Å². The van der Waals surface area contributed by atoms with Crippen molar-refractivity contribution < 1.29 is 0 Å². The molecule has 0 aliphatic rings. The van der Waals surface area contributed by atoms with E-state index >= 15 is 0 Å². The molecule has 0 saturated carbocycles. The Morgan fingerprint density at radius 2 is 1.93 bits per heavy atom. The van der Waals surface area contributed by atoms with Crippen molar-refractivity contribution in [2.24, 2.45) is 7.05 Å². The number of aryl methyl sites for hydroxylation is 2. The fraction of sp³-hybridized carbons (Fsp3) is 0.478. The van der Waals surface area contributed by atoms with Crippen LogP contribution >= 0.6 is 15.9 Å². The summed E-state index contributed by atoms with van der Waals surface area (Å²) < 4.78 is 4.36. The lowest BCUT2D eigenvalue weighted by molar-refractivity contribution is 0.731. The van der Waals surface area contributed by atoms with Gasteiger partial charge in [0, 0.05) is 30.3 Å². The molecule has 156 valence electrons. The van der Waals surface area contributed by atoms with Crippen LogP contribution in [0.4, 0.5) is 5.69 Å². The van der Waals surface area contributed by atoms with E-state index in [2.05, 4.69) is 66.7 Å². The molecule has 2 aromatic heterocycles. The molecule has 0 aliphatic carbocycles. The van der Waals surface area contributed by atoms with E-state index < -0.39 is 0 Å². The first-order valence-corrected chi connectivity index (χ1v) is 11.2. The number of unbranched alkanes of at least 4 members (excludes halogenated alkanes) is 1. The number of pyridine rings is 1. The van der Waals surface area contributed by atoms with Crippen molar-refractivity contribution in [1.82, 2.24) is 14.1 Å². The standard InChI is InChI=1S/C23H31BrN4O/c1-7-9-12-27(8-2)20-13-16(5)25-22-21(20)26(6)23(29)28(22)19-11-10-17(15(3)4)14-18(19)24/h10-11,13-15H,7-9,12H2,1-6H3. The van der Waals surface area contributed by atoms with Crippen LogP contribution < -0.4 is 10.6 Å². The minimum Gasteiger partial charge on any atom is -0.370 e. The number of aromatic nitrogens is 3. The van der Waals surface area contributed by atoms with Crippen LogP contribution in [0.25, 0.3) is 16.9 Å². The highest BCUT2D eigenvalue weighted by Gasteiger charge is 2.21. The van der Waals surface area contributed by atoms with Crippen LogP contribution in [0.3, 0.4) is 0 Å². The van der Waals surface area contributed by atoms with Gasteiger partial charge in [-0.2, -0.15) is 0 Å². The number of halogens is 1. The molecule has 0 radical (unpaired) electrons. The van der Waals surface area contributed by atoms with E-state index in [0.29, 0.717) is 11.6 Å². The molecule has 5 nitrogen and oxygen atoms in total. The Morgan fingerprint density at radius 1 is 1.21 bits per heavy atom. The smallest absolute Gasteiger partial charge is 0.334 e. The molecule has 2 heterocycles. The van der Waals surface area contributed by atoms with Crippen molar-refractivity contribution >= 4 is 32.8 Å². The highest BCUT2D eigenvalue weighted by Crippen LogP contribution is 2.31. The van der Waals surface area contributed by atoms with Crippen molar-refractivity contribution in [2.45, 2.75) is 53.4 Å². The van der Waals surface area contributed by atoms with Gasteiger partial charge in [0.05, 0.1) is 11.4 Å². The van der Waals surface area contributed by atoms with Gasteiger partial charge in [0.2, 0.25) is 0 Å². The number of benzene rings is 1. The van der Waals surface area contributed by atoms with Crippen LogP contribution in [0, 0.1) is 6.92 Å². The first-order valence-electron chi connectivity index (χ1n) is 10.4. The van der Waals surface area contributed by atoms with Crippen LogP contribution in [0.15, 0.2) is 33.5 Å². The van der Waals surface area contributed by atoms with E-state index in [-0.39, 0.29) is 5.69 Å². The Bertz CT molecular complexity index is 1080.